The van der Waals surface area contributed by atoms with Crippen LogP contribution in [0.4, 0.5) is 8.78 Å². The van der Waals surface area contributed by atoms with Crippen LogP contribution in [-0.2, 0) is 0 Å². The van der Waals surface area contributed by atoms with E-state index in [1.807, 2.05) is 0 Å². The molecule has 1 rings (SSSR count). The minimum atomic E-state index is -2.47. The topological polar surface area (TPSA) is 12.0 Å². The van der Waals surface area contributed by atoms with Gasteiger partial charge in [0.1, 0.15) is 0 Å². The first-order valence-electron chi connectivity index (χ1n) is 4.16. The molecule has 0 unspecified atom stereocenters. The van der Waals surface area contributed by atoms with Crippen molar-refractivity contribution < 1.29 is 8.78 Å². The van der Waals surface area contributed by atoms with E-state index in [1.54, 1.807) is 0 Å². The lowest BCUT2D eigenvalue weighted by Gasteiger charge is -2.24. The summed E-state index contributed by atoms with van der Waals surface area (Å²) in [6.45, 7) is 2.82. The Kier molecular flexibility index (Phi) is 2.82. The molecule has 0 aromatic heterocycles. The summed E-state index contributed by atoms with van der Waals surface area (Å²) in [5.41, 5.74) is 0. The van der Waals surface area contributed by atoms with Crippen LogP contribution in [0.1, 0.15) is 26.2 Å². The molecule has 3 heteroatoms. The molecule has 0 aliphatic carbocycles. The molecule has 0 amide bonds. The standard InChI is InChI=1S/C8H15F2N/c1-8(9,10)6-7-2-4-11-5-3-7/h7,11H,2-6H2,1H3. The van der Waals surface area contributed by atoms with Crippen molar-refractivity contribution in [3.63, 3.8) is 0 Å². The summed E-state index contributed by atoms with van der Waals surface area (Å²) in [4.78, 5) is 0. The number of rotatable bonds is 2. The number of hydrogen-bond acceptors (Lipinski definition) is 1. The molecular formula is C8H15F2N. The SMILES string of the molecule is CC(F)(F)CC1CCNCC1. The van der Waals surface area contributed by atoms with Gasteiger partial charge in [0.2, 0.25) is 5.92 Å². The van der Waals surface area contributed by atoms with Crippen LogP contribution in [0, 0.1) is 5.92 Å². The van der Waals surface area contributed by atoms with Crippen LogP contribution >= 0.6 is 0 Å². The molecule has 1 fully saturated rings. The van der Waals surface area contributed by atoms with Crippen LogP contribution in [0.2, 0.25) is 0 Å². The second-order valence-corrected chi connectivity index (χ2v) is 3.47. The normalized spacial score (nSPS) is 22.1. The van der Waals surface area contributed by atoms with Crippen molar-refractivity contribution in [1.29, 1.82) is 0 Å². The fourth-order valence-corrected chi connectivity index (χ4v) is 1.59. The van der Waals surface area contributed by atoms with Gasteiger partial charge in [-0.2, -0.15) is 0 Å². The third-order valence-electron chi connectivity index (χ3n) is 2.11. The highest BCUT2D eigenvalue weighted by molar-refractivity contribution is 4.73. The van der Waals surface area contributed by atoms with E-state index in [0.29, 0.717) is 0 Å². The van der Waals surface area contributed by atoms with Gasteiger partial charge in [-0.15, -0.1) is 0 Å². The first kappa shape index (κ1) is 8.91. The Hall–Kier alpha value is -0.180. The van der Waals surface area contributed by atoms with Crippen molar-refractivity contribution in [3.05, 3.63) is 0 Å². The third kappa shape index (κ3) is 3.65. The number of halogens is 2. The summed E-state index contributed by atoms with van der Waals surface area (Å²) in [5, 5.41) is 3.16. The minimum Gasteiger partial charge on any atom is -0.317 e. The second kappa shape index (κ2) is 3.48. The van der Waals surface area contributed by atoms with Crippen molar-refractivity contribution in [3.8, 4) is 0 Å². The van der Waals surface area contributed by atoms with Crippen molar-refractivity contribution in [2.24, 2.45) is 5.92 Å². The summed E-state index contributed by atoms with van der Waals surface area (Å²) in [6.07, 6.45) is 1.88. The largest absolute Gasteiger partial charge is 0.317 e. The quantitative estimate of drug-likeness (QED) is 0.656. The molecule has 1 heterocycles. The van der Waals surface area contributed by atoms with Gasteiger partial charge in [-0.3, -0.25) is 0 Å². The van der Waals surface area contributed by atoms with Crippen LogP contribution < -0.4 is 5.32 Å². The zero-order valence-electron chi connectivity index (χ0n) is 6.87. The molecule has 0 bridgehead atoms. The number of alkyl halides is 2. The molecule has 0 spiro atoms. The maximum Gasteiger partial charge on any atom is 0.245 e. The number of piperidine rings is 1. The first-order valence-corrected chi connectivity index (χ1v) is 4.16. The van der Waals surface area contributed by atoms with Crippen molar-refractivity contribution in [2.75, 3.05) is 13.1 Å². The van der Waals surface area contributed by atoms with Gasteiger partial charge in [0.15, 0.2) is 0 Å². The molecule has 0 atom stereocenters. The third-order valence-corrected chi connectivity index (χ3v) is 2.11. The van der Waals surface area contributed by atoms with E-state index in [1.165, 1.54) is 0 Å². The van der Waals surface area contributed by atoms with E-state index in [4.69, 9.17) is 0 Å². The average molecular weight is 163 g/mol. The highest BCUT2D eigenvalue weighted by Gasteiger charge is 2.27. The van der Waals surface area contributed by atoms with Crippen molar-refractivity contribution in [1.82, 2.24) is 5.32 Å². The van der Waals surface area contributed by atoms with E-state index < -0.39 is 5.92 Å². The van der Waals surface area contributed by atoms with Gasteiger partial charge in [-0.25, -0.2) is 8.78 Å². The molecule has 0 radical (unpaired) electrons. The predicted molar refractivity (Wildman–Crippen MR) is 40.8 cm³/mol. The number of hydrogen-bond donors (Lipinski definition) is 1. The summed E-state index contributed by atoms with van der Waals surface area (Å²) in [7, 11) is 0. The monoisotopic (exact) mass is 163 g/mol. The fourth-order valence-electron chi connectivity index (χ4n) is 1.59. The Balaban J connectivity index is 2.24. The van der Waals surface area contributed by atoms with Crippen LogP contribution in [0.25, 0.3) is 0 Å². The highest BCUT2D eigenvalue weighted by Crippen LogP contribution is 2.27. The Morgan fingerprint density at radius 3 is 2.36 bits per heavy atom. The molecule has 0 aromatic carbocycles. The van der Waals surface area contributed by atoms with E-state index in [-0.39, 0.29) is 12.3 Å². The lowest BCUT2D eigenvalue weighted by atomic mass is 9.92. The van der Waals surface area contributed by atoms with Gasteiger partial charge in [0, 0.05) is 6.42 Å². The molecule has 11 heavy (non-hydrogen) atoms. The van der Waals surface area contributed by atoms with Crippen LogP contribution in [0.5, 0.6) is 0 Å². The van der Waals surface area contributed by atoms with E-state index in [9.17, 15) is 8.78 Å². The van der Waals surface area contributed by atoms with Gasteiger partial charge in [0.05, 0.1) is 0 Å². The molecule has 0 aromatic rings. The van der Waals surface area contributed by atoms with Crippen molar-refractivity contribution >= 4 is 0 Å². The predicted octanol–water partition coefficient (Wildman–Crippen LogP) is 2.03. The van der Waals surface area contributed by atoms with E-state index in [0.717, 1.165) is 32.9 Å². The van der Waals surface area contributed by atoms with Gasteiger partial charge in [0.25, 0.3) is 0 Å². The van der Waals surface area contributed by atoms with Gasteiger partial charge >= 0.3 is 0 Å². The van der Waals surface area contributed by atoms with Gasteiger partial charge < -0.3 is 5.32 Å². The highest BCUT2D eigenvalue weighted by atomic mass is 19.3. The zero-order valence-corrected chi connectivity index (χ0v) is 6.87. The van der Waals surface area contributed by atoms with Gasteiger partial charge in [-0.1, -0.05) is 0 Å². The van der Waals surface area contributed by atoms with Crippen LogP contribution in [0.15, 0.2) is 0 Å². The molecule has 66 valence electrons. The smallest absolute Gasteiger partial charge is 0.245 e. The molecule has 1 aliphatic heterocycles. The van der Waals surface area contributed by atoms with E-state index in [2.05, 4.69) is 5.32 Å². The van der Waals surface area contributed by atoms with Crippen molar-refractivity contribution in [2.45, 2.75) is 32.1 Å². The number of nitrogens with one attached hydrogen (secondary N) is 1. The summed E-state index contributed by atoms with van der Waals surface area (Å²) in [5.74, 6) is -2.24. The molecule has 0 saturated carbocycles. The second-order valence-electron chi connectivity index (χ2n) is 3.47. The molecule has 1 aliphatic rings. The molecular weight excluding hydrogens is 148 g/mol. The summed E-state index contributed by atoms with van der Waals surface area (Å²) >= 11 is 0. The lowest BCUT2D eigenvalue weighted by Crippen LogP contribution is -2.30. The minimum absolute atomic E-state index is 0.0642. The van der Waals surface area contributed by atoms with Crippen LogP contribution in [-0.4, -0.2) is 19.0 Å². The lowest BCUT2D eigenvalue weighted by molar-refractivity contribution is -0.00752. The average Bonchev–Trinajstić information content (AvgIpc) is 1.85. The summed E-state index contributed by atoms with van der Waals surface area (Å²) < 4.78 is 25.0. The Morgan fingerprint density at radius 1 is 1.36 bits per heavy atom. The molecule has 1 N–H and O–H groups in total. The first-order chi connectivity index (χ1) is 5.08. The van der Waals surface area contributed by atoms with Crippen LogP contribution in [0.3, 0.4) is 0 Å². The maximum absolute atomic E-state index is 12.5. The van der Waals surface area contributed by atoms with E-state index >= 15 is 0 Å². The van der Waals surface area contributed by atoms with Gasteiger partial charge in [-0.05, 0) is 38.8 Å². The Bertz CT molecular complexity index is 114. The maximum atomic E-state index is 12.5. The Labute approximate surface area is 66.2 Å². The molecule has 1 saturated heterocycles. The summed E-state index contributed by atoms with van der Waals surface area (Å²) in [6, 6.07) is 0. The Morgan fingerprint density at radius 2 is 1.91 bits per heavy atom. The zero-order chi connectivity index (χ0) is 8.32. The molecule has 1 nitrogen and oxygen atoms in total. The fraction of sp³-hybridized carbons (Fsp3) is 1.00.